The van der Waals surface area contributed by atoms with Gasteiger partial charge in [-0.2, -0.15) is 0 Å². The van der Waals surface area contributed by atoms with E-state index in [-0.39, 0.29) is 17.6 Å². The number of nitrogens with zero attached hydrogens (tertiary/aromatic N) is 3. The number of nitrogens with one attached hydrogen (secondary N) is 1. The highest BCUT2D eigenvalue weighted by atomic mass is 32.2. The van der Waals surface area contributed by atoms with Gasteiger partial charge in [0, 0.05) is 54.6 Å². The number of fused-ring (bicyclic) bond motifs is 1. The van der Waals surface area contributed by atoms with Crippen LogP contribution in [0.1, 0.15) is 32.0 Å². The van der Waals surface area contributed by atoms with Crippen LogP contribution < -0.4 is 4.31 Å². The van der Waals surface area contributed by atoms with Crippen LogP contribution in [0.2, 0.25) is 0 Å². The zero-order valence-electron chi connectivity index (χ0n) is 19.5. The first kappa shape index (κ1) is 22.8. The number of amides is 1. The Labute approximate surface area is 208 Å². The summed E-state index contributed by atoms with van der Waals surface area (Å²) in [6, 6.07) is 19.3. The molecule has 0 spiro atoms. The Balaban J connectivity index is 1.50. The summed E-state index contributed by atoms with van der Waals surface area (Å²) in [7, 11) is 3.38. The molecule has 0 aliphatic carbocycles. The minimum Gasteiger partial charge on any atom is -0.350 e. The number of pyridine rings is 1. The molecule has 6 nitrogen and oxygen atoms in total. The van der Waals surface area contributed by atoms with Crippen LogP contribution in [-0.2, 0) is 0 Å². The lowest BCUT2D eigenvalue weighted by atomic mass is 9.95. The van der Waals surface area contributed by atoms with Crippen molar-refractivity contribution in [3.8, 4) is 11.8 Å². The molecule has 1 amide bonds. The number of Topliss-reactive ketones (excluding diaryl/α,β-unsaturated/α-hetero) is 1. The largest absolute Gasteiger partial charge is 0.350 e. The molecule has 1 fully saturated rings. The van der Waals surface area contributed by atoms with Gasteiger partial charge in [-0.05, 0) is 48.3 Å². The summed E-state index contributed by atoms with van der Waals surface area (Å²) in [6.45, 7) is 0.568. The molecular weight excluding hydrogens is 456 g/mol. The molecule has 1 N–H and O–H groups in total. The first-order valence-electron chi connectivity index (χ1n) is 11.3. The third-order valence-electron chi connectivity index (χ3n) is 5.91. The van der Waals surface area contributed by atoms with Crippen molar-refractivity contribution >= 4 is 40.2 Å². The number of benzene rings is 2. The maximum absolute atomic E-state index is 13.8. The van der Waals surface area contributed by atoms with Gasteiger partial charge >= 0.3 is 0 Å². The molecule has 4 aromatic rings. The van der Waals surface area contributed by atoms with Gasteiger partial charge in [0.2, 0.25) is 0 Å². The summed E-state index contributed by atoms with van der Waals surface area (Å²) in [4.78, 5) is 35.7. The Hall–Kier alpha value is -4.02. The molecule has 0 radical (unpaired) electrons. The summed E-state index contributed by atoms with van der Waals surface area (Å²) in [5.41, 5.74) is 4.22. The zero-order valence-corrected chi connectivity index (χ0v) is 20.3. The number of anilines is 1. The van der Waals surface area contributed by atoms with Gasteiger partial charge in [-0.3, -0.25) is 14.6 Å². The lowest BCUT2D eigenvalue weighted by Gasteiger charge is -2.16. The van der Waals surface area contributed by atoms with Gasteiger partial charge in [-0.1, -0.05) is 36.1 Å². The van der Waals surface area contributed by atoms with E-state index in [0.717, 1.165) is 27.7 Å². The van der Waals surface area contributed by atoms with E-state index in [1.807, 2.05) is 60.7 Å². The minimum atomic E-state index is -0.231. The monoisotopic (exact) mass is 480 g/mol. The van der Waals surface area contributed by atoms with Crippen LogP contribution in [0.5, 0.6) is 0 Å². The van der Waals surface area contributed by atoms with Crippen molar-refractivity contribution in [2.24, 2.45) is 5.92 Å². The predicted molar refractivity (Wildman–Crippen MR) is 141 cm³/mol. The molecule has 1 aliphatic rings. The quantitative estimate of drug-likeness (QED) is 0.262. The number of H-pyrrole nitrogens is 1. The highest BCUT2D eigenvalue weighted by Gasteiger charge is 2.34. The fourth-order valence-electron chi connectivity index (χ4n) is 4.11. The van der Waals surface area contributed by atoms with Gasteiger partial charge < -0.3 is 14.2 Å². The number of rotatable bonds is 4. The highest BCUT2D eigenvalue weighted by Crippen LogP contribution is 2.35. The molecule has 5 rings (SSSR count). The third-order valence-corrected chi connectivity index (χ3v) is 7.14. The first-order chi connectivity index (χ1) is 17.0. The summed E-state index contributed by atoms with van der Waals surface area (Å²) in [6.07, 6.45) is 3.53. The zero-order chi connectivity index (χ0) is 24.4. The normalized spacial score (nSPS) is 15.0. The van der Waals surface area contributed by atoms with Crippen molar-refractivity contribution in [3.63, 3.8) is 0 Å². The van der Waals surface area contributed by atoms with Crippen LogP contribution in [-0.4, -0.2) is 53.0 Å². The van der Waals surface area contributed by atoms with E-state index in [4.69, 9.17) is 0 Å². The van der Waals surface area contributed by atoms with Crippen molar-refractivity contribution in [3.05, 3.63) is 95.4 Å². The number of hydrogen-bond acceptors (Lipinski definition) is 5. The van der Waals surface area contributed by atoms with Crippen LogP contribution in [0, 0.1) is 17.8 Å². The molecule has 2 aromatic carbocycles. The van der Waals surface area contributed by atoms with Gasteiger partial charge in [0.25, 0.3) is 5.91 Å². The van der Waals surface area contributed by atoms with Crippen LogP contribution >= 0.6 is 11.9 Å². The average molecular weight is 481 g/mol. The van der Waals surface area contributed by atoms with E-state index in [9.17, 15) is 9.59 Å². The molecule has 2 aromatic heterocycles. The lowest BCUT2D eigenvalue weighted by molar-refractivity contribution is 0.0813. The summed E-state index contributed by atoms with van der Waals surface area (Å²) < 4.78 is 2.09. The number of carbonyl (C=O) groups excluding carboxylic acids is 2. The molecule has 35 heavy (non-hydrogen) atoms. The Morgan fingerprint density at radius 3 is 2.60 bits per heavy atom. The van der Waals surface area contributed by atoms with E-state index in [1.165, 1.54) is 4.90 Å². The van der Waals surface area contributed by atoms with E-state index in [1.54, 1.807) is 38.4 Å². The van der Waals surface area contributed by atoms with Crippen molar-refractivity contribution in [2.45, 2.75) is 0 Å². The molecule has 7 heteroatoms. The van der Waals surface area contributed by atoms with Crippen LogP contribution in [0.3, 0.4) is 0 Å². The summed E-state index contributed by atoms with van der Waals surface area (Å²) in [5, 5.41) is 0.746. The summed E-state index contributed by atoms with van der Waals surface area (Å²) in [5.74, 6) is 6.50. The maximum atomic E-state index is 13.8. The van der Waals surface area contributed by atoms with Gasteiger partial charge in [-0.15, -0.1) is 0 Å². The molecule has 174 valence electrons. The Bertz CT molecular complexity index is 1450. The van der Waals surface area contributed by atoms with Gasteiger partial charge in [0.15, 0.2) is 5.78 Å². The smallest absolute Gasteiger partial charge is 0.270 e. The van der Waals surface area contributed by atoms with E-state index in [2.05, 4.69) is 26.1 Å². The van der Waals surface area contributed by atoms with Crippen LogP contribution in [0.4, 0.5) is 5.69 Å². The van der Waals surface area contributed by atoms with E-state index in [0.29, 0.717) is 23.6 Å². The third kappa shape index (κ3) is 4.66. The SMILES string of the molecule is CN(C)C(=O)c1[nH]c2cc(C#Cc3ccccc3)ccc2c1C(=O)C1CSN(c2cccnc2)C1. The fourth-order valence-corrected chi connectivity index (χ4v) is 5.27. The molecule has 0 bridgehead atoms. The second kappa shape index (κ2) is 9.69. The summed E-state index contributed by atoms with van der Waals surface area (Å²) >= 11 is 1.61. The fraction of sp³-hybridized carbons (Fsp3) is 0.179. The van der Waals surface area contributed by atoms with Gasteiger partial charge in [-0.25, -0.2) is 0 Å². The number of carbonyl (C=O) groups is 2. The van der Waals surface area contributed by atoms with Crippen molar-refractivity contribution in [1.29, 1.82) is 0 Å². The second-order valence-electron chi connectivity index (χ2n) is 8.58. The number of aromatic amines is 1. The Morgan fingerprint density at radius 1 is 1.06 bits per heavy atom. The van der Waals surface area contributed by atoms with Crippen LogP contribution in [0.15, 0.2) is 73.1 Å². The second-order valence-corrected chi connectivity index (χ2v) is 9.61. The first-order valence-corrected chi connectivity index (χ1v) is 12.2. The van der Waals surface area contributed by atoms with Crippen molar-refractivity contribution in [2.75, 3.05) is 30.7 Å². The minimum absolute atomic E-state index is 0.0246. The molecule has 1 aliphatic heterocycles. The molecule has 3 heterocycles. The number of aromatic nitrogens is 2. The van der Waals surface area contributed by atoms with Crippen molar-refractivity contribution in [1.82, 2.24) is 14.9 Å². The Kier molecular flexibility index (Phi) is 6.30. The number of ketones is 1. The maximum Gasteiger partial charge on any atom is 0.270 e. The lowest BCUT2D eigenvalue weighted by Crippen LogP contribution is -2.27. The van der Waals surface area contributed by atoms with E-state index < -0.39 is 0 Å². The predicted octanol–water partition coefficient (Wildman–Crippen LogP) is 4.63. The van der Waals surface area contributed by atoms with E-state index >= 15 is 0 Å². The highest BCUT2D eigenvalue weighted by molar-refractivity contribution is 8.00. The molecule has 1 atom stereocenters. The van der Waals surface area contributed by atoms with Crippen LogP contribution in [0.25, 0.3) is 10.9 Å². The standard InChI is InChI=1S/C28H24N4O2S/c1-31(2)28(34)26-25(27(33)21-17-32(35-18-21)22-9-6-14-29-16-22)23-13-12-20(15-24(23)30-26)11-10-19-7-4-3-5-8-19/h3-9,12-16,21,30H,17-18H2,1-2H3. The van der Waals surface area contributed by atoms with Gasteiger partial charge in [0.05, 0.1) is 23.4 Å². The Morgan fingerprint density at radius 2 is 1.86 bits per heavy atom. The average Bonchev–Trinajstić information content (AvgIpc) is 3.53. The topological polar surface area (TPSA) is 69.3 Å². The molecule has 1 unspecified atom stereocenters. The number of hydrogen-bond donors (Lipinski definition) is 1. The van der Waals surface area contributed by atoms with Crippen molar-refractivity contribution < 1.29 is 9.59 Å². The molecular formula is C28H24N4O2S. The molecule has 1 saturated heterocycles. The molecule has 0 saturated carbocycles. The van der Waals surface area contributed by atoms with Gasteiger partial charge in [0.1, 0.15) is 5.69 Å².